The van der Waals surface area contributed by atoms with Gasteiger partial charge in [-0.3, -0.25) is 14.3 Å². The van der Waals surface area contributed by atoms with Gasteiger partial charge in [-0.2, -0.15) is 5.10 Å². The number of carbonyl (C=O) groups excluding carboxylic acids is 1. The summed E-state index contributed by atoms with van der Waals surface area (Å²) in [4.78, 5) is 12.1. The Labute approximate surface area is 108 Å². The van der Waals surface area contributed by atoms with Crippen LogP contribution in [0.15, 0.2) is 24.4 Å². The van der Waals surface area contributed by atoms with Crippen molar-refractivity contribution in [2.75, 3.05) is 5.32 Å². The smallest absolute Gasteiger partial charge is 0.257 e. The lowest BCUT2D eigenvalue weighted by molar-refractivity contribution is 0.102. The first kappa shape index (κ1) is 11.4. The summed E-state index contributed by atoms with van der Waals surface area (Å²) in [5.41, 5.74) is 2.04. The molecule has 0 aliphatic carbocycles. The average molecular weight is 256 g/mol. The van der Waals surface area contributed by atoms with Gasteiger partial charge in [0.2, 0.25) is 0 Å². The minimum Gasteiger partial charge on any atom is -0.305 e. The van der Waals surface area contributed by atoms with E-state index in [-0.39, 0.29) is 5.91 Å². The number of H-pyrrole nitrogens is 1. The van der Waals surface area contributed by atoms with E-state index in [0.717, 1.165) is 11.5 Å². The first-order valence-electron chi connectivity index (χ1n) is 5.78. The van der Waals surface area contributed by atoms with Crippen LogP contribution in [0.4, 0.5) is 5.82 Å². The van der Waals surface area contributed by atoms with Crippen LogP contribution in [-0.2, 0) is 0 Å². The van der Waals surface area contributed by atoms with Crippen molar-refractivity contribution in [3.63, 3.8) is 0 Å². The van der Waals surface area contributed by atoms with Crippen LogP contribution in [0.2, 0.25) is 0 Å². The van der Waals surface area contributed by atoms with Crippen LogP contribution in [0.5, 0.6) is 0 Å². The van der Waals surface area contributed by atoms with Gasteiger partial charge in [0.15, 0.2) is 11.5 Å². The van der Waals surface area contributed by atoms with E-state index in [2.05, 4.69) is 25.7 Å². The molecule has 0 spiro atoms. The summed E-state index contributed by atoms with van der Waals surface area (Å²) >= 11 is 0. The zero-order valence-corrected chi connectivity index (χ0v) is 10.5. The number of anilines is 1. The number of nitrogens with zero attached hydrogens (tertiary/aromatic N) is 4. The molecule has 7 heteroatoms. The summed E-state index contributed by atoms with van der Waals surface area (Å²) in [5.74, 6) is 1.06. The molecular formula is C12H12N6O. The van der Waals surface area contributed by atoms with E-state index in [1.807, 2.05) is 18.2 Å². The SMILES string of the molecule is Cc1cc(NC(=O)c2ccn3c(C)nnc3c2)n[nH]1. The molecule has 2 N–H and O–H groups in total. The molecule has 96 valence electrons. The van der Waals surface area contributed by atoms with Crippen molar-refractivity contribution >= 4 is 17.4 Å². The number of aromatic nitrogens is 5. The summed E-state index contributed by atoms with van der Waals surface area (Å²) in [7, 11) is 0. The molecule has 19 heavy (non-hydrogen) atoms. The predicted octanol–water partition coefficient (Wildman–Crippen LogP) is 1.32. The van der Waals surface area contributed by atoms with Gasteiger partial charge in [-0.05, 0) is 26.0 Å². The fraction of sp³-hybridized carbons (Fsp3) is 0.167. The van der Waals surface area contributed by atoms with E-state index >= 15 is 0 Å². The molecule has 0 aliphatic rings. The standard InChI is InChI=1S/C12H12N6O/c1-7-5-10(16-14-7)13-12(19)9-3-4-18-8(2)15-17-11(18)6-9/h3-6H,1-2H3,(H2,13,14,16,19). The van der Waals surface area contributed by atoms with Crippen molar-refractivity contribution in [3.05, 3.63) is 41.5 Å². The molecule has 3 aromatic rings. The van der Waals surface area contributed by atoms with E-state index in [4.69, 9.17) is 0 Å². The number of aryl methyl sites for hydroxylation is 2. The van der Waals surface area contributed by atoms with Crippen LogP contribution < -0.4 is 5.32 Å². The maximum Gasteiger partial charge on any atom is 0.257 e. The molecule has 0 radical (unpaired) electrons. The lowest BCUT2D eigenvalue weighted by atomic mass is 10.2. The molecule has 0 unspecified atom stereocenters. The number of fused-ring (bicyclic) bond motifs is 1. The Hall–Kier alpha value is -2.70. The molecule has 0 fully saturated rings. The van der Waals surface area contributed by atoms with Crippen molar-refractivity contribution in [2.45, 2.75) is 13.8 Å². The van der Waals surface area contributed by atoms with Crippen molar-refractivity contribution in [1.29, 1.82) is 0 Å². The Bertz CT molecular complexity index is 757. The normalized spacial score (nSPS) is 10.8. The largest absolute Gasteiger partial charge is 0.305 e. The number of carbonyl (C=O) groups is 1. The number of rotatable bonds is 2. The number of amides is 1. The quantitative estimate of drug-likeness (QED) is 0.723. The molecule has 0 aromatic carbocycles. The molecule has 0 atom stereocenters. The van der Waals surface area contributed by atoms with Crippen LogP contribution in [-0.4, -0.2) is 30.7 Å². The van der Waals surface area contributed by atoms with Crippen molar-refractivity contribution in [2.24, 2.45) is 0 Å². The molecule has 3 heterocycles. The molecule has 1 amide bonds. The topological polar surface area (TPSA) is 88.0 Å². The Kier molecular flexibility index (Phi) is 2.52. The second-order valence-corrected chi connectivity index (χ2v) is 4.28. The molecule has 0 bridgehead atoms. The molecule has 0 saturated carbocycles. The van der Waals surface area contributed by atoms with Crippen LogP contribution >= 0.6 is 0 Å². The van der Waals surface area contributed by atoms with Gasteiger partial charge in [0.25, 0.3) is 5.91 Å². The average Bonchev–Trinajstić information content (AvgIpc) is 2.96. The highest BCUT2D eigenvalue weighted by molar-refractivity contribution is 6.04. The van der Waals surface area contributed by atoms with Gasteiger partial charge >= 0.3 is 0 Å². The zero-order valence-electron chi connectivity index (χ0n) is 10.5. The van der Waals surface area contributed by atoms with Gasteiger partial charge in [0, 0.05) is 23.5 Å². The van der Waals surface area contributed by atoms with Gasteiger partial charge < -0.3 is 5.32 Å². The summed E-state index contributed by atoms with van der Waals surface area (Å²) in [6.07, 6.45) is 1.77. The number of aromatic amines is 1. The third kappa shape index (κ3) is 2.05. The van der Waals surface area contributed by atoms with Gasteiger partial charge in [0.1, 0.15) is 5.82 Å². The molecule has 0 aliphatic heterocycles. The summed E-state index contributed by atoms with van der Waals surface area (Å²) < 4.78 is 1.81. The lowest BCUT2D eigenvalue weighted by Gasteiger charge is -2.02. The third-order valence-corrected chi connectivity index (χ3v) is 2.79. The molecule has 3 rings (SSSR count). The monoisotopic (exact) mass is 256 g/mol. The van der Waals surface area contributed by atoms with Crippen LogP contribution in [0, 0.1) is 13.8 Å². The number of hydrogen-bond donors (Lipinski definition) is 2. The fourth-order valence-electron chi connectivity index (χ4n) is 1.82. The van der Waals surface area contributed by atoms with Gasteiger partial charge in [-0.1, -0.05) is 0 Å². The second-order valence-electron chi connectivity index (χ2n) is 4.28. The zero-order chi connectivity index (χ0) is 13.4. The number of hydrogen-bond acceptors (Lipinski definition) is 4. The summed E-state index contributed by atoms with van der Waals surface area (Å²) in [6.45, 7) is 3.72. The molecular weight excluding hydrogens is 244 g/mol. The Balaban J connectivity index is 1.89. The molecule has 0 saturated heterocycles. The van der Waals surface area contributed by atoms with Crippen molar-refractivity contribution in [1.82, 2.24) is 24.8 Å². The molecule has 3 aromatic heterocycles. The predicted molar refractivity (Wildman–Crippen MR) is 69.0 cm³/mol. The second kappa shape index (κ2) is 4.20. The maximum atomic E-state index is 12.1. The van der Waals surface area contributed by atoms with Crippen LogP contribution in [0.1, 0.15) is 21.9 Å². The highest BCUT2D eigenvalue weighted by Crippen LogP contribution is 2.10. The summed E-state index contributed by atoms with van der Waals surface area (Å²) in [5, 5.41) is 17.4. The first-order valence-corrected chi connectivity index (χ1v) is 5.78. The fourth-order valence-corrected chi connectivity index (χ4v) is 1.82. The van der Waals surface area contributed by atoms with E-state index in [1.165, 1.54) is 0 Å². The highest BCUT2D eigenvalue weighted by atomic mass is 16.1. The summed E-state index contributed by atoms with van der Waals surface area (Å²) in [6, 6.07) is 5.17. The van der Waals surface area contributed by atoms with Crippen molar-refractivity contribution < 1.29 is 4.79 Å². The van der Waals surface area contributed by atoms with E-state index < -0.39 is 0 Å². The van der Waals surface area contributed by atoms with Gasteiger partial charge in [0.05, 0.1) is 0 Å². The van der Waals surface area contributed by atoms with Gasteiger partial charge in [-0.15, -0.1) is 10.2 Å². The number of nitrogens with one attached hydrogen (secondary N) is 2. The third-order valence-electron chi connectivity index (χ3n) is 2.79. The highest BCUT2D eigenvalue weighted by Gasteiger charge is 2.10. The Morgan fingerprint density at radius 1 is 1.32 bits per heavy atom. The minimum atomic E-state index is -0.227. The maximum absolute atomic E-state index is 12.1. The van der Waals surface area contributed by atoms with Crippen molar-refractivity contribution in [3.8, 4) is 0 Å². The van der Waals surface area contributed by atoms with E-state index in [0.29, 0.717) is 17.0 Å². The molecule has 7 nitrogen and oxygen atoms in total. The lowest BCUT2D eigenvalue weighted by Crippen LogP contribution is -2.12. The minimum absolute atomic E-state index is 0.227. The van der Waals surface area contributed by atoms with Gasteiger partial charge in [-0.25, -0.2) is 0 Å². The van der Waals surface area contributed by atoms with Crippen LogP contribution in [0.25, 0.3) is 5.65 Å². The van der Waals surface area contributed by atoms with E-state index in [1.54, 1.807) is 24.4 Å². The van der Waals surface area contributed by atoms with Crippen LogP contribution in [0.3, 0.4) is 0 Å². The van der Waals surface area contributed by atoms with E-state index in [9.17, 15) is 4.79 Å². The number of pyridine rings is 1. The first-order chi connectivity index (χ1) is 9.13. The Morgan fingerprint density at radius 2 is 2.16 bits per heavy atom. The Morgan fingerprint density at radius 3 is 2.89 bits per heavy atom.